The molecule has 0 aromatic carbocycles. The van der Waals surface area contributed by atoms with Gasteiger partial charge in [-0.3, -0.25) is 4.79 Å². The molecule has 16 heavy (non-hydrogen) atoms. The molecule has 87 valence electrons. The lowest BCUT2D eigenvalue weighted by atomic mass is 9.99. The molecule has 2 aliphatic rings. The molecule has 0 unspecified atom stereocenters. The van der Waals surface area contributed by atoms with Gasteiger partial charge >= 0.3 is 0 Å². The number of aliphatic hydroxyl groups is 1. The Balaban J connectivity index is 1.96. The van der Waals surface area contributed by atoms with Crippen molar-refractivity contribution >= 4 is 17.7 Å². The molecule has 0 aliphatic carbocycles. The third-order valence-electron chi connectivity index (χ3n) is 2.70. The summed E-state index contributed by atoms with van der Waals surface area (Å²) in [4.78, 5) is 13.8. The summed E-state index contributed by atoms with van der Waals surface area (Å²) in [5, 5.41) is 8.94. The predicted octanol–water partition coefficient (Wildman–Crippen LogP) is 0.736. The van der Waals surface area contributed by atoms with E-state index in [0.717, 1.165) is 11.3 Å². The number of nitrogens with zero attached hydrogens (tertiary/aromatic N) is 1. The molecule has 0 bridgehead atoms. The number of ether oxygens (including phenoxy) is 1. The molecule has 2 aliphatic heterocycles. The number of carbonyl (C=O) groups excluding carboxylic acids is 1. The molecule has 2 heterocycles. The molecule has 2 atom stereocenters. The van der Waals surface area contributed by atoms with Gasteiger partial charge < -0.3 is 14.7 Å². The minimum Gasteiger partial charge on any atom is -0.395 e. The molecular weight excluding hydrogens is 226 g/mol. The van der Waals surface area contributed by atoms with Crippen LogP contribution in [-0.4, -0.2) is 41.1 Å². The zero-order valence-electron chi connectivity index (χ0n) is 9.10. The minimum absolute atomic E-state index is 0.0785. The lowest BCUT2D eigenvalue weighted by Gasteiger charge is -2.41. The highest BCUT2D eigenvalue weighted by Crippen LogP contribution is 2.48. The predicted molar refractivity (Wildman–Crippen MR) is 60.2 cm³/mol. The highest BCUT2D eigenvalue weighted by Gasteiger charge is 2.52. The second kappa shape index (κ2) is 4.77. The van der Waals surface area contributed by atoms with Gasteiger partial charge in [0.15, 0.2) is 0 Å². The molecule has 0 aromatic rings. The number of amides is 1. The number of aliphatic hydroxyl groups excluding tert-OH is 1. The van der Waals surface area contributed by atoms with E-state index in [9.17, 15) is 4.79 Å². The van der Waals surface area contributed by atoms with Crippen molar-refractivity contribution in [1.29, 1.82) is 0 Å². The van der Waals surface area contributed by atoms with Gasteiger partial charge in [0, 0.05) is 17.2 Å². The van der Waals surface area contributed by atoms with Gasteiger partial charge in [-0.1, -0.05) is 18.7 Å². The zero-order chi connectivity index (χ0) is 11.7. The fourth-order valence-electron chi connectivity index (χ4n) is 1.81. The first kappa shape index (κ1) is 12.0. The van der Waals surface area contributed by atoms with E-state index >= 15 is 0 Å². The number of allylic oxidation sites excluding steroid dienone is 1. The Morgan fingerprint density at radius 3 is 3.00 bits per heavy atom. The molecule has 0 saturated carbocycles. The molecule has 2 rings (SSSR count). The lowest BCUT2D eigenvalue weighted by molar-refractivity contribution is -0.148. The van der Waals surface area contributed by atoms with Crippen molar-refractivity contribution in [3.05, 3.63) is 17.5 Å². The fourth-order valence-corrected chi connectivity index (χ4v) is 3.15. The molecule has 3 radical (unpaired) electrons. The van der Waals surface area contributed by atoms with E-state index in [1.807, 2.05) is 6.92 Å². The minimum atomic E-state index is -0.339. The summed E-state index contributed by atoms with van der Waals surface area (Å²) in [6.07, 6.45) is 0.941. The van der Waals surface area contributed by atoms with Gasteiger partial charge in [0.25, 0.3) is 0 Å². The molecule has 1 saturated heterocycles. The maximum atomic E-state index is 11.5. The Kier molecular flexibility index (Phi) is 3.56. The number of hydrogen-bond donors (Lipinski definition) is 1. The van der Waals surface area contributed by atoms with Crippen LogP contribution < -0.4 is 0 Å². The first-order valence-electron chi connectivity index (χ1n) is 5.33. The summed E-state index contributed by atoms with van der Waals surface area (Å²) in [7, 11) is 0. The number of fused-ring (bicyclic) bond motifs is 1. The first-order chi connectivity index (χ1) is 7.70. The van der Waals surface area contributed by atoms with Crippen molar-refractivity contribution in [2.24, 2.45) is 5.92 Å². The lowest BCUT2D eigenvalue weighted by Crippen LogP contribution is -2.57. The van der Waals surface area contributed by atoms with Crippen LogP contribution in [0.5, 0.6) is 0 Å². The van der Waals surface area contributed by atoms with Crippen LogP contribution in [0.2, 0.25) is 0 Å². The van der Waals surface area contributed by atoms with E-state index in [1.165, 1.54) is 16.7 Å². The third kappa shape index (κ3) is 1.77. The van der Waals surface area contributed by atoms with Crippen molar-refractivity contribution in [2.75, 3.05) is 19.8 Å². The topological polar surface area (TPSA) is 49.8 Å². The fraction of sp³-hybridized carbons (Fsp3) is 0.636. The van der Waals surface area contributed by atoms with E-state index in [2.05, 4.69) is 0 Å². The molecule has 1 amide bonds. The number of hydrogen-bond acceptors (Lipinski definition) is 4. The Morgan fingerprint density at radius 1 is 1.62 bits per heavy atom. The maximum absolute atomic E-state index is 11.5. The number of carbonyl (C=O) groups is 1. The monoisotopic (exact) mass is 240 g/mol. The van der Waals surface area contributed by atoms with Crippen LogP contribution >= 0.6 is 11.8 Å². The summed E-state index contributed by atoms with van der Waals surface area (Å²) in [5.74, 6) is -0.482. The molecule has 1 fully saturated rings. The van der Waals surface area contributed by atoms with Crippen LogP contribution in [0.3, 0.4) is 0 Å². The Labute approximate surface area is 99.6 Å². The first-order valence-corrected chi connectivity index (χ1v) is 6.21. The SMILES string of the molecule is [C]C1=C(COCCC)S[C@@H]2[C@@H](CO)C(=O)N12. The van der Waals surface area contributed by atoms with Crippen LogP contribution in [0.25, 0.3) is 0 Å². The van der Waals surface area contributed by atoms with Gasteiger partial charge in [0.05, 0.1) is 26.1 Å². The van der Waals surface area contributed by atoms with Crippen molar-refractivity contribution in [3.63, 3.8) is 0 Å². The molecule has 0 aromatic heterocycles. The maximum Gasteiger partial charge on any atom is 0.236 e. The van der Waals surface area contributed by atoms with Crippen LogP contribution in [0.15, 0.2) is 10.6 Å². The summed E-state index contributed by atoms with van der Waals surface area (Å²) in [6, 6.07) is 0. The van der Waals surface area contributed by atoms with E-state index in [1.54, 1.807) is 0 Å². The van der Waals surface area contributed by atoms with Crippen molar-refractivity contribution in [3.8, 4) is 0 Å². The average Bonchev–Trinajstić information content (AvgIpc) is 2.53. The van der Waals surface area contributed by atoms with Crippen molar-refractivity contribution in [2.45, 2.75) is 18.7 Å². The Morgan fingerprint density at radius 2 is 2.38 bits per heavy atom. The van der Waals surface area contributed by atoms with E-state index < -0.39 is 0 Å². The number of β-lactam (4-membered cyclic amide) rings is 1. The van der Waals surface area contributed by atoms with Crippen LogP contribution in [0.1, 0.15) is 13.3 Å². The molecule has 5 heteroatoms. The Hall–Kier alpha value is -0.520. The van der Waals surface area contributed by atoms with Gasteiger partial charge in [-0.15, -0.1) is 0 Å². The van der Waals surface area contributed by atoms with Gasteiger partial charge in [0.2, 0.25) is 5.91 Å². The molecular formula is C11H14NO3S. The van der Waals surface area contributed by atoms with Crippen LogP contribution in [0, 0.1) is 12.8 Å². The summed E-state index contributed by atoms with van der Waals surface area (Å²) in [6.45, 7) is 10.8. The molecule has 0 spiro atoms. The Bertz CT molecular complexity index is 329. The largest absolute Gasteiger partial charge is 0.395 e. The van der Waals surface area contributed by atoms with E-state index in [-0.39, 0.29) is 29.5 Å². The third-order valence-corrected chi connectivity index (χ3v) is 4.08. The number of thioether (sulfide) groups is 1. The second-order valence-corrected chi connectivity index (χ2v) is 5.04. The smallest absolute Gasteiger partial charge is 0.236 e. The highest BCUT2D eigenvalue weighted by atomic mass is 32.2. The number of rotatable bonds is 5. The standard InChI is InChI=1S/C11H14NO3S/c1-3-4-15-6-9-7(2)12-10(14)8(5-13)11(12)16-9/h8,11,13H,3-6H2,1H3/t8-,11+/m0/s1. The van der Waals surface area contributed by atoms with Gasteiger partial charge in [-0.2, -0.15) is 0 Å². The van der Waals surface area contributed by atoms with Crippen LogP contribution in [-0.2, 0) is 9.53 Å². The van der Waals surface area contributed by atoms with Crippen LogP contribution in [0.4, 0.5) is 0 Å². The van der Waals surface area contributed by atoms with Gasteiger partial charge in [-0.05, 0) is 6.42 Å². The average molecular weight is 240 g/mol. The normalized spacial score (nSPS) is 28.4. The highest BCUT2D eigenvalue weighted by molar-refractivity contribution is 8.04. The molecule has 4 nitrogen and oxygen atoms in total. The quantitative estimate of drug-likeness (QED) is 0.569. The van der Waals surface area contributed by atoms with E-state index in [4.69, 9.17) is 16.8 Å². The van der Waals surface area contributed by atoms with Crippen molar-refractivity contribution < 1.29 is 14.6 Å². The summed E-state index contributed by atoms with van der Waals surface area (Å²) >= 11 is 1.47. The molecule has 1 N–H and O–H groups in total. The summed E-state index contributed by atoms with van der Waals surface area (Å²) < 4.78 is 5.37. The zero-order valence-corrected chi connectivity index (χ0v) is 9.92. The summed E-state index contributed by atoms with van der Waals surface area (Å²) in [5.41, 5.74) is 0.251. The van der Waals surface area contributed by atoms with Gasteiger partial charge in [-0.25, -0.2) is 0 Å². The van der Waals surface area contributed by atoms with E-state index in [0.29, 0.717) is 13.2 Å². The van der Waals surface area contributed by atoms with Crippen molar-refractivity contribution in [1.82, 2.24) is 4.90 Å². The van der Waals surface area contributed by atoms with Gasteiger partial charge in [0.1, 0.15) is 5.37 Å². The second-order valence-electron chi connectivity index (χ2n) is 3.83.